The Morgan fingerprint density at radius 3 is 2.62 bits per heavy atom. The van der Waals surface area contributed by atoms with Gasteiger partial charge in [-0.2, -0.15) is 0 Å². The quantitative estimate of drug-likeness (QED) is 0.647. The van der Waals surface area contributed by atoms with Gasteiger partial charge < -0.3 is 14.8 Å². The molecule has 3 heteroatoms. The molecular formula is C13H27NO2. The first-order chi connectivity index (χ1) is 7.69. The van der Waals surface area contributed by atoms with Crippen molar-refractivity contribution in [3.05, 3.63) is 0 Å². The van der Waals surface area contributed by atoms with Crippen molar-refractivity contribution >= 4 is 0 Å². The summed E-state index contributed by atoms with van der Waals surface area (Å²) in [5.74, 6) is 0. The van der Waals surface area contributed by atoms with Crippen molar-refractivity contribution in [2.75, 3.05) is 26.9 Å². The number of nitrogens with one attached hydrogen (secondary N) is 1. The molecular weight excluding hydrogens is 202 g/mol. The van der Waals surface area contributed by atoms with E-state index in [-0.39, 0.29) is 0 Å². The first-order valence-corrected chi connectivity index (χ1v) is 6.53. The van der Waals surface area contributed by atoms with Gasteiger partial charge in [0.1, 0.15) is 0 Å². The van der Waals surface area contributed by atoms with Crippen LogP contribution in [-0.2, 0) is 9.47 Å². The molecule has 1 rings (SSSR count). The number of hydrogen-bond donors (Lipinski definition) is 1. The Morgan fingerprint density at radius 2 is 2.06 bits per heavy atom. The molecule has 1 aliphatic carbocycles. The highest BCUT2D eigenvalue weighted by Crippen LogP contribution is 2.45. The van der Waals surface area contributed by atoms with Gasteiger partial charge in [0.25, 0.3) is 0 Å². The number of hydrogen-bond acceptors (Lipinski definition) is 3. The van der Waals surface area contributed by atoms with Gasteiger partial charge in [-0.1, -0.05) is 20.8 Å². The highest BCUT2D eigenvalue weighted by molar-refractivity contribution is 5.04. The Kier molecular flexibility index (Phi) is 5.73. The molecule has 0 amide bonds. The maximum Gasteiger partial charge on any atom is 0.0658 e. The molecule has 3 unspecified atom stereocenters. The molecule has 16 heavy (non-hydrogen) atoms. The third-order valence-electron chi connectivity index (χ3n) is 4.01. The van der Waals surface area contributed by atoms with E-state index in [0.29, 0.717) is 17.6 Å². The van der Waals surface area contributed by atoms with Crippen molar-refractivity contribution in [3.8, 4) is 0 Å². The largest absolute Gasteiger partial charge is 0.385 e. The average molecular weight is 229 g/mol. The fourth-order valence-corrected chi connectivity index (χ4v) is 2.54. The predicted molar refractivity (Wildman–Crippen MR) is 66.7 cm³/mol. The van der Waals surface area contributed by atoms with Crippen molar-refractivity contribution in [1.82, 2.24) is 5.32 Å². The summed E-state index contributed by atoms with van der Waals surface area (Å²) in [5, 5.41) is 3.55. The highest BCUT2D eigenvalue weighted by Gasteiger charge is 2.50. The van der Waals surface area contributed by atoms with Crippen LogP contribution < -0.4 is 5.32 Å². The normalized spacial score (nSPS) is 33.8. The van der Waals surface area contributed by atoms with Crippen molar-refractivity contribution in [1.29, 1.82) is 0 Å². The summed E-state index contributed by atoms with van der Waals surface area (Å²) in [4.78, 5) is 0. The van der Waals surface area contributed by atoms with Gasteiger partial charge in [-0.25, -0.2) is 0 Å². The van der Waals surface area contributed by atoms with E-state index in [1.54, 1.807) is 7.11 Å². The average Bonchev–Trinajstić information content (AvgIpc) is 2.30. The minimum Gasteiger partial charge on any atom is -0.385 e. The van der Waals surface area contributed by atoms with Gasteiger partial charge in [-0.3, -0.25) is 0 Å². The molecule has 0 aromatic rings. The van der Waals surface area contributed by atoms with Crippen LogP contribution in [-0.4, -0.2) is 39.0 Å². The van der Waals surface area contributed by atoms with E-state index in [4.69, 9.17) is 9.47 Å². The topological polar surface area (TPSA) is 30.5 Å². The van der Waals surface area contributed by atoms with E-state index >= 15 is 0 Å². The van der Waals surface area contributed by atoms with Crippen LogP contribution >= 0.6 is 0 Å². The zero-order valence-electron chi connectivity index (χ0n) is 11.2. The minimum absolute atomic E-state index is 0.323. The molecule has 0 saturated heterocycles. The standard InChI is InChI=1S/C13H27NO2/c1-5-13(3)11(14-6-2)10-12(13)16-9-7-8-15-4/h11-12,14H,5-10H2,1-4H3. The van der Waals surface area contributed by atoms with Gasteiger partial charge in [0, 0.05) is 31.8 Å². The van der Waals surface area contributed by atoms with Crippen LogP contribution in [0.15, 0.2) is 0 Å². The lowest BCUT2D eigenvalue weighted by Crippen LogP contribution is -2.62. The second-order valence-electron chi connectivity index (χ2n) is 4.91. The van der Waals surface area contributed by atoms with Gasteiger partial charge >= 0.3 is 0 Å². The summed E-state index contributed by atoms with van der Waals surface area (Å²) in [5.41, 5.74) is 0.323. The molecule has 0 spiro atoms. The van der Waals surface area contributed by atoms with E-state index in [1.165, 1.54) is 6.42 Å². The molecule has 0 radical (unpaired) electrons. The molecule has 0 aromatic heterocycles. The fourth-order valence-electron chi connectivity index (χ4n) is 2.54. The summed E-state index contributed by atoms with van der Waals surface area (Å²) in [6, 6.07) is 0.634. The summed E-state index contributed by atoms with van der Waals surface area (Å²) in [6.07, 6.45) is 3.77. The summed E-state index contributed by atoms with van der Waals surface area (Å²) < 4.78 is 11.0. The Morgan fingerprint density at radius 1 is 1.31 bits per heavy atom. The SMILES string of the molecule is CCNC1CC(OCCCOC)C1(C)CC. The van der Waals surface area contributed by atoms with Crippen LogP contribution in [0.3, 0.4) is 0 Å². The Hall–Kier alpha value is -0.120. The second-order valence-corrected chi connectivity index (χ2v) is 4.91. The maximum absolute atomic E-state index is 5.94. The molecule has 0 bridgehead atoms. The molecule has 3 nitrogen and oxygen atoms in total. The van der Waals surface area contributed by atoms with E-state index < -0.39 is 0 Å². The van der Waals surface area contributed by atoms with Crippen molar-refractivity contribution in [2.45, 2.75) is 52.2 Å². The van der Waals surface area contributed by atoms with Crippen LogP contribution in [0.25, 0.3) is 0 Å². The van der Waals surface area contributed by atoms with Gasteiger partial charge in [0.2, 0.25) is 0 Å². The molecule has 0 heterocycles. The third kappa shape index (κ3) is 2.96. The molecule has 0 aromatic carbocycles. The first-order valence-electron chi connectivity index (χ1n) is 6.53. The summed E-state index contributed by atoms with van der Waals surface area (Å²) >= 11 is 0. The number of rotatable bonds is 8. The van der Waals surface area contributed by atoms with Gasteiger partial charge in [-0.15, -0.1) is 0 Å². The Labute approximate surface area is 99.9 Å². The molecule has 1 aliphatic rings. The lowest BCUT2D eigenvalue weighted by Gasteiger charge is -2.53. The van der Waals surface area contributed by atoms with Gasteiger partial charge in [0.05, 0.1) is 6.10 Å². The van der Waals surface area contributed by atoms with Crippen LogP contribution in [0.2, 0.25) is 0 Å². The monoisotopic (exact) mass is 229 g/mol. The highest BCUT2D eigenvalue weighted by atomic mass is 16.5. The maximum atomic E-state index is 5.94. The Balaban J connectivity index is 2.28. The third-order valence-corrected chi connectivity index (χ3v) is 4.01. The van der Waals surface area contributed by atoms with Crippen molar-refractivity contribution < 1.29 is 9.47 Å². The zero-order valence-corrected chi connectivity index (χ0v) is 11.2. The van der Waals surface area contributed by atoms with Crippen LogP contribution in [0.5, 0.6) is 0 Å². The smallest absolute Gasteiger partial charge is 0.0658 e. The van der Waals surface area contributed by atoms with Gasteiger partial charge in [-0.05, 0) is 25.8 Å². The molecule has 1 saturated carbocycles. The molecule has 0 aliphatic heterocycles. The lowest BCUT2D eigenvalue weighted by molar-refractivity contribution is -0.130. The number of methoxy groups -OCH3 is 1. The van der Waals surface area contributed by atoms with E-state index in [0.717, 1.165) is 32.6 Å². The predicted octanol–water partition coefficient (Wildman–Crippen LogP) is 2.21. The van der Waals surface area contributed by atoms with E-state index in [2.05, 4.69) is 26.1 Å². The Bertz CT molecular complexity index is 198. The second kappa shape index (κ2) is 6.58. The molecule has 1 N–H and O–H groups in total. The molecule has 3 atom stereocenters. The van der Waals surface area contributed by atoms with Crippen LogP contribution in [0, 0.1) is 5.41 Å². The van der Waals surface area contributed by atoms with E-state index in [9.17, 15) is 0 Å². The fraction of sp³-hybridized carbons (Fsp3) is 1.00. The molecule has 96 valence electrons. The van der Waals surface area contributed by atoms with Crippen molar-refractivity contribution in [2.24, 2.45) is 5.41 Å². The van der Waals surface area contributed by atoms with Crippen LogP contribution in [0.1, 0.15) is 40.0 Å². The summed E-state index contributed by atoms with van der Waals surface area (Å²) in [7, 11) is 1.74. The lowest BCUT2D eigenvalue weighted by atomic mass is 9.61. The van der Waals surface area contributed by atoms with Crippen LogP contribution in [0.4, 0.5) is 0 Å². The number of ether oxygens (including phenoxy) is 2. The molecule has 1 fully saturated rings. The zero-order chi connectivity index (χ0) is 12.0. The summed E-state index contributed by atoms with van der Waals surface area (Å²) in [6.45, 7) is 9.44. The van der Waals surface area contributed by atoms with Crippen molar-refractivity contribution in [3.63, 3.8) is 0 Å². The minimum atomic E-state index is 0.323. The van der Waals surface area contributed by atoms with Gasteiger partial charge in [0.15, 0.2) is 0 Å². The van der Waals surface area contributed by atoms with E-state index in [1.807, 2.05) is 0 Å². The first kappa shape index (κ1) is 13.9.